The normalized spacial score (nSPS) is 32.4. The highest BCUT2D eigenvalue weighted by atomic mass is 16.5. The van der Waals surface area contributed by atoms with Gasteiger partial charge in [-0.2, -0.15) is 0 Å². The van der Waals surface area contributed by atoms with E-state index >= 15 is 0 Å². The van der Waals surface area contributed by atoms with Crippen LogP contribution in [0.2, 0.25) is 0 Å². The number of carbonyl (C=O) groups is 1. The summed E-state index contributed by atoms with van der Waals surface area (Å²) in [5.74, 6) is 1.39. The standard InChI is InChI=1S/C16H30O2/c1-5-6-7-11-15(17)16(12-18-4)13(2)9-8-10-14(16)3/h13-14H,5-12H2,1-4H3/t13-,14?,16?/m1/s1. The highest BCUT2D eigenvalue weighted by molar-refractivity contribution is 5.85. The maximum atomic E-state index is 12.7. The maximum Gasteiger partial charge on any atom is 0.141 e. The fourth-order valence-electron chi connectivity index (χ4n) is 3.65. The summed E-state index contributed by atoms with van der Waals surface area (Å²) in [5, 5.41) is 0. The molecule has 0 aliphatic heterocycles. The second kappa shape index (κ2) is 7.28. The van der Waals surface area contributed by atoms with Crippen molar-refractivity contribution >= 4 is 5.78 Å². The van der Waals surface area contributed by atoms with E-state index in [1.807, 2.05) is 0 Å². The topological polar surface area (TPSA) is 26.3 Å². The summed E-state index contributed by atoms with van der Waals surface area (Å²) in [6.07, 6.45) is 7.73. The zero-order chi connectivity index (χ0) is 13.6. The van der Waals surface area contributed by atoms with Crippen molar-refractivity contribution in [3.05, 3.63) is 0 Å². The van der Waals surface area contributed by atoms with Gasteiger partial charge < -0.3 is 4.74 Å². The number of rotatable bonds is 7. The molecular weight excluding hydrogens is 224 g/mol. The minimum absolute atomic E-state index is 0.208. The summed E-state index contributed by atoms with van der Waals surface area (Å²) in [7, 11) is 1.73. The molecule has 1 aliphatic rings. The first-order valence-electron chi connectivity index (χ1n) is 7.61. The number of Topliss-reactive ketones (excluding diaryl/α,β-unsaturated/α-hetero) is 1. The lowest BCUT2D eigenvalue weighted by molar-refractivity contribution is -0.144. The monoisotopic (exact) mass is 254 g/mol. The summed E-state index contributed by atoms with van der Waals surface area (Å²) in [4.78, 5) is 12.7. The second-order valence-electron chi connectivity index (χ2n) is 6.09. The Morgan fingerprint density at radius 1 is 1.22 bits per heavy atom. The zero-order valence-corrected chi connectivity index (χ0v) is 12.6. The highest BCUT2D eigenvalue weighted by Crippen LogP contribution is 2.47. The molecule has 1 saturated carbocycles. The molecular formula is C16H30O2. The number of carbonyl (C=O) groups excluding carboxylic acids is 1. The van der Waals surface area contributed by atoms with Crippen LogP contribution in [0, 0.1) is 17.3 Å². The molecule has 2 unspecified atom stereocenters. The average Bonchev–Trinajstić information content (AvgIpc) is 2.34. The van der Waals surface area contributed by atoms with E-state index in [1.165, 1.54) is 25.7 Å². The Kier molecular flexibility index (Phi) is 6.34. The number of ketones is 1. The zero-order valence-electron chi connectivity index (χ0n) is 12.6. The lowest BCUT2D eigenvalue weighted by atomic mass is 9.59. The van der Waals surface area contributed by atoms with E-state index in [2.05, 4.69) is 20.8 Å². The van der Waals surface area contributed by atoms with Crippen molar-refractivity contribution in [2.24, 2.45) is 17.3 Å². The van der Waals surface area contributed by atoms with Crippen molar-refractivity contribution in [3.63, 3.8) is 0 Å². The smallest absolute Gasteiger partial charge is 0.141 e. The van der Waals surface area contributed by atoms with Crippen LogP contribution < -0.4 is 0 Å². The van der Waals surface area contributed by atoms with E-state index < -0.39 is 0 Å². The number of hydrogen-bond acceptors (Lipinski definition) is 2. The molecule has 1 rings (SSSR count). The Morgan fingerprint density at radius 2 is 1.83 bits per heavy atom. The molecule has 2 nitrogen and oxygen atoms in total. The van der Waals surface area contributed by atoms with Crippen molar-refractivity contribution in [2.45, 2.75) is 65.7 Å². The Morgan fingerprint density at radius 3 is 2.33 bits per heavy atom. The molecule has 0 bridgehead atoms. The van der Waals surface area contributed by atoms with E-state index in [-0.39, 0.29) is 5.41 Å². The average molecular weight is 254 g/mol. The summed E-state index contributed by atoms with van der Waals surface area (Å²) in [6, 6.07) is 0. The van der Waals surface area contributed by atoms with Crippen LogP contribution in [-0.2, 0) is 9.53 Å². The van der Waals surface area contributed by atoms with Crippen LogP contribution in [0.1, 0.15) is 65.7 Å². The molecule has 0 heterocycles. The van der Waals surface area contributed by atoms with Crippen molar-refractivity contribution in [1.82, 2.24) is 0 Å². The summed E-state index contributed by atoms with van der Waals surface area (Å²) >= 11 is 0. The molecule has 0 saturated heterocycles. The first-order chi connectivity index (χ1) is 8.59. The quantitative estimate of drug-likeness (QED) is 0.636. The first-order valence-corrected chi connectivity index (χ1v) is 7.61. The minimum atomic E-state index is -0.208. The Bertz CT molecular complexity index is 250. The van der Waals surface area contributed by atoms with Crippen LogP contribution in [0.5, 0.6) is 0 Å². The van der Waals surface area contributed by atoms with Crippen LogP contribution in [0.25, 0.3) is 0 Å². The fourth-order valence-corrected chi connectivity index (χ4v) is 3.65. The van der Waals surface area contributed by atoms with Gasteiger partial charge >= 0.3 is 0 Å². The fraction of sp³-hybridized carbons (Fsp3) is 0.938. The highest BCUT2D eigenvalue weighted by Gasteiger charge is 2.48. The molecule has 0 aromatic rings. The minimum Gasteiger partial charge on any atom is -0.384 e. The lowest BCUT2D eigenvalue weighted by Gasteiger charge is -2.46. The molecule has 0 aromatic carbocycles. The summed E-state index contributed by atoms with van der Waals surface area (Å²) in [5.41, 5.74) is -0.208. The SMILES string of the molecule is CCCCCC(=O)C1(COC)C(C)CCC[C@H]1C. The summed E-state index contributed by atoms with van der Waals surface area (Å²) < 4.78 is 5.43. The van der Waals surface area contributed by atoms with Crippen molar-refractivity contribution in [1.29, 1.82) is 0 Å². The molecule has 0 radical (unpaired) electrons. The molecule has 3 atom stereocenters. The van der Waals surface area contributed by atoms with E-state index in [0.717, 1.165) is 19.3 Å². The lowest BCUT2D eigenvalue weighted by Crippen LogP contribution is -2.49. The van der Waals surface area contributed by atoms with Gasteiger partial charge in [-0.25, -0.2) is 0 Å². The number of ether oxygens (including phenoxy) is 1. The van der Waals surface area contributed by atoms with E-state index in [0.29, 0.717) is 24.2 Å². The van der Waals surface area contributed by atoms with Crippen LogP contribution in [0.4, 0.5) is 0 Å². The third-order valence-electron chi connectivity index (χ3n) is 4.94. The number of unbranched alkanes of at least 4 members (excludes halogenated alkanes) is 2. The van der Waals surface area contributed by atoms with Crippen LogP contribution in [0.15, 0.2) is 0 Å². The molecule has 0 amide bonds. The molecule has 106 valence electrons. The molecule has 0 N–H and O–H groups in total. The second-order valence-corrected chi connectivity index (χ2v) is 6.09. The maximum absolute atomic E-state index is 12.7. The van der Waals surface area contributed by atoms with E-state index in [1.54, 1.807) is 7.11 Å². The van der Waals surface area contributed by atoms with Crippen molar-refractivity contribution < 1.29 is 9.53 Å². The Labute approximate surface area is 112 Å². The molecule has 1 fully saturated rings. The van der Waals surface area contributed by atoms with E-state index in [9.17, 15) is 4.79 Å². The molecule has 0 aromatic heterocycles. The van der Waals surface area contributed by atoms with Crippen LogP contribution in [0.3, 0.4) is 0 Å². The van der Waals surface area contributed by atoms with Gasteiger partial charge in [0.15, 0.2) is 0 Å². The van der Waals surface area contributed by atoms with Gasteiger partial charge in [0.1, 0.15) is 5.78 Å². The van der Waals surface area contributed by atoms with Gasteiger partial charge in [0.05, 0.1) is 12.0 Å². The van der Waals surface area contributed by atoms with Gasteiger partial charge in [-0.1, -0.05) is 40.0 Å². The predicted molar refractivity (Wildman–Crippen MR) is 75.6 cm³/mol. The van der Waals surface area contributed by atoms with Crippen molar-refractivity contribution in [2.75, 3.05) is 13.7 Å². The summed E-state index contributed by atoms with van der Waals surface area (Å²) in [6.45, 7) is 7.28. The number of methoxy groups -OCH3 is 1. The Hall–Kier alpha value is -0.370. The van der Waals surface area contributed by atoms with Crippen LogP contribution >= 0.6 is 0 Å². The first kappa shape index (κ1) is 15.7. The van der Waals surface area contributed by atoms with Gasteiger partial charge in [-0.05, 0) is 31.1 Å². The molecule has 2 heteroatoms. The van der Waals surface area contributed by atoms with Gasteiger partial charge in [0.25, 0.3) is 0 Å². The Balaban J connectivity index is 2.79. The third-order valence-corrected chi connectivity index (χ3v) is 4.94. The van der Waals surface area contributed by atoms with Crippen LogP contribution in [-0.4, -0.2) is 19.5 Å². The van der Waals surface area contributed by atoms with Gasteiger partial charge in [-0.3, -0.25) is 4.79 Å². The third kappa shape index (κ3) is 3.14. The molecule has 0 spiro atoms. The largest absolute Gasteiger partial charge is 0.384 e. The molecule has 1 aliphatic carbocycles. The predicted octanol–water partition coefficient (Wildman–Crippen LogP) is 4.22. The van der Waals surface area contributed by atoms with Gasteiger partial charge in [0.2, 0.25) is 0 Å². The van der Waals surface area contributed by atoms with Gasteiger partial charge in [0, 0.05) is 13.5 Å². The van der Waals surface area contributed by atoms with Gasteiger partial charge in [-0.15, -0.1) is 0 Å². The van der Waals surface area contributed by atoms with E-state index in [4.69, 9.17) is 4.74 Å². The molecule has 18 heavy (non-hydrogen) atoms. The number of hydrogen-bond donors (Lipinski definition) is 0. The van der Waals surface area contributed by atoms with Crippen molar-refractivity contribution in [3.8, 4) is 0 Å².